The number of ether oxygens (including phenoxy) is 1. The number of piperidine rings is 1. The highest BCUT2D eigenvalue weighted by molar-refractivity contribution is 7.90. The number of hydrogen-bond donors (Lipinski definition) is 2. The number of anilines is 1. The number of benzene rings is 1. The molecule has 1 spiro atoms. The van der Waals surface area contributed by atoms with Crippen LogP contribution >= 0.6 is 0 Å². The molecule has 190 valence electrons. The van der Waals surface area contributed by atoms with Gasteiger partial charge < -0.3 is 15.4 Å². The second-order valence-corrected chi connectivity index (χ2v) is 12.5. The van der Waals surface area contributed by atoms with E-state index in [0.29, 0.717) is 40.7 Å². The molecule has 0 bridgehead atoms. The lowest BCUT2D eigenvalue weighted by molar-refractivity contribution is -0.149. The van der Waals surface area contributed by atoms with Crippen molar-refractivity contribution in [2.45, 2.75) is 77.5 Å². The Kier molecular flexibility index (Phi) is 7.12. The molecule has 0 radical (unpaired) electrons. The first-order chi connectivity index (χ1) is 15.8. The van der Waals surface area contributed by atoms with Gasteiger partial charge in [0.2, 0.25) is 11.8 Å². The molecule has 0 aliphatic carbocycles. The second kappa shape index (κ2) is 9.15. The van der Waals surface area contributed by atoms with E-state index in [0.717, 1.165) is 25.9 Å². The number of hydrogen-bond acceptors (Lipinski definition) is 7. The summed E-state index contributed by atoms with van der Waals surface area (Å²) in [5.74, 6) is -0.843. The molecule has 0 unspecified atom stereocenters. The van der Waals surface area contributed by atoms with Crippen molar-refractivity contribution < 1.29 is 22.7 Å². The van der Waals surface area contributed by atoms with Gasteiger partial charge in [0.25, 0.3) is 10.0 Å². The van der Waals surface area contributed by atoms with Crippen LogP contribution in [-0.4, -0.2) is 51.3 Å². The second-order valence-electron chi connectivity index (χ2n) is 10.8. The van der Waals surface area contributed by atoms with Crippen LogP contribution in [0.4, 0.5) is 5.69 Å². The number of carbonyl (C=O) groups is 2. The van der Waals surface area contributed by atoms with Gasteiger partial charge in [0.15, 0.2) is 0 Å². The van der Waals surface area contributed by atoms with Crippen molar-refractivity contribution in [3.63, 3.8) is 0 Å². The summed E-state index contributed by atoms with van der Waals surface area (Å²) >= 11 is 0. The van der Waals surface area contributed by atoms with Crippen LogP contribution < -0.4 is 15.4 Å². The third-order valence-corrected chi connectivity index (χ3v) is 9.56. The van der Waals surface area contributed by atoms with Gasteiger partial charge in [-0.3, -0.25) is 9.59 Å². The van der Waals surface area contributed by atoms with Crippen molar-refractivity contribution in [1.82, 2.24) is 9.62 Å². The van der Waals surface area contributed by atoms with Crippen LogP contribution in [0.5, 0.6) is 5.75 Å². The van der Waals surface area contributed by atoms with Crippen LogP contribution in [0.1, 0.15) is 72.8 Å². The van der Waals surface area contributed by atoms with E-state index >= 15 is 0 Å². The van der Waals surface area contributed by atoms with Gasteiger partial charge in [-0.05, 0) is 50.9 Å². The van der Waals surface area contributed by atoms with E-state index in [4.69, 9.17) is 4.74 Å². The fourth-order valence-electron chi connectivity index (χ4n) is 4.59. The molecule has 2 heterocycles. The van der Waals surface area contributed by atoms with Gasteiger partial charge in [-0.2, -0.15) is 4.31 Å². The maximum atomic E-state index is 14.3. The fraction of sp³-hybridized carbons (Fsp3) is 0.680. The highest BCUT2D eigenvalue weighted by Crippen LogP contribution is 2.50. The van der Waals surface area contributed by atoms with Crippen molar-refractivity contribution in [3.8, 4) is 5.75 Å². The van der Waals surface area contributed by atoms with Gasteiger partial charge in [-0.15, -0.1) is 0 Å². The first kappa shape index (κ1) is 26.5. The molecule has 2 N–H and O–H groups in total. The highest BCUT2D eigenvalue weighted by atomic mass is 32.2. The molecule has 1 saturated heterocycles. The number of methoxy groups -OCH3 is 1. The van der Waals surface area contributed by atoms with Crippen LogP contribution in [0.3, 0.4) is 0 Å². The number of amides is 2. The smallest absolute Gasteiger partial charge is 0.273 e. The molecule has 1 aromatic rings. The van der Waals surface area contributed by atoms with E-state index in [-0.39, 0.29) is 4.90 Å². The predicted octanol–water partition coefficient (Wildman–Crippen LogP) is 3.66. The van der Waals surface area contributed by atoms with E-state index in [2.05, 4.69) is 10.6 Å². The van der Waals surface area contributed by atoms with Crippen molar-refractivity contribution in [2.75, 3.05) is 32.1 Å². The molecular weight excluding hydrogens is 454 g/mol. The van der Waals surface area contributed by atoms with Crippen molar-refractivity contribution in [2.24, 2.45) is 10.8 Å². The number of sulfonamides is 1. The number of fused-ring (bicyclic) bond motifs is 2. The summed E-state index contributed by atoms with van der Waals surface area (Å²) in [6.45, 7) is 12.4. The lowest BCUT2D eigenvalue weighted by atomic mass is 9.74. The lowest BCUT2D eigenvalue weighted by Gasteiger charge is -2.37. The minimum atomic E-state index is -4.49. The zero-order valence-corrected chi connectivity index (χ0v) is 22.3. The topological polar surface area (TPSA) is 105 Å². The van der Waals surface area contributed by atoms with Gasteiger partial charge in [-0.1, -0.05) is 41.5 Å². The van der Waals surface area contributed by atoms with E-state index < -0.39 is 38.1 Å². The molecule has 9 heteroatoms. The number of nitrogens with zero attached hydrogens (tertiary/aromatic N) is 1. The van der Waals surface area contributed by atoms with E-state index in [9.17, 15) is 18.0 Å². The van der Waals surface area contributed by atoms with E-state index in [1.807, 2.05) is 13.8 Å². The van der Waals surface area contributed by atoms with Crippen LogP contribution in [0.15, 0.2) is 17.0 Å². The van der Waals surface area contributed by atoms with Gasteiger partial charge >= 0.3 is 0 Å². The number of imide groups is 1. The zero-order chi connectivity index (χ0) is 25.5. The Bertz CT molecular complexity index is 1040. The van der Waals surface area contributed by atoms with E-state index in [1.54, 1.807) is 40.9 Å². The average molecular weight is 494 g/mol. The Morgan fingerprint density at radius 2 is 1.56 bits per heavy atom. The summed E-state index contributed by atoms with van der Waals surface area (Å²) in [7, 11) is -2.95. The van der Waals surface area contributed by atoms with E-state index in [1.165, 1.54) is 6.07 Å². The molecule has 0 aromatic heterocycles. The lowest BCUT2D eigenvalue weighted by Crippen LogP contribution is -2.52. The third-order valence-electron chi connectivity index (χ3n) is 7.86. The Morgan fingerprint density at radius 1 is 1.03 bits per heavy atom. The average Bonchev–Trinajstić information content (AvgIpc) is 3.17. The summed E-state index contributed by atoms with van der Waals surface area (Å²) < 4.78 is 34.8. The number of carbonyl (C=O) groups excluding carboxylic acids is 2. The monoisotopic (exact) mass is 493 g/mol. The van der Waals surface area contributed by atoms with Crippen molar-refractivity contribution in [3.05, 3.63) is 17.7 Å². The molecule has 1 aromatic carbocycles. The maximum absolute atomic E-state index is 14.3. The third kappa shape index (κ3) is 4.21. The van der Waals surface area contributed by atoms with Crippen LogP contribution in [0, 0.1) is 10.8 Å². The Morgan fingerprint density at radius 3 is 2.03 bits per heavy atom. The molecule has 1 fully saturated rings. The summed E-state index contributed by atoms with van der Waals surface area (Å²) in [6, 6.07) is 3.09. The zero-order valence-electron chi connectivity index (χ0n) is 21.5. The summed E-state index contributed by atoms with van der Waals surface area (Å²) in [4.78, 5) is 27.4. The summed E-state index contributed by atoms with van der Waals surface area (Å²) in [5.41, 5.74) is -1.20. The first-order valence-electron chi connectivity index (χ1n) is 12.1. The van der Waals surface area contributed by atoms with Gasteiger partial charge in [0, 0.05) is 28.4 Å². The molecule has 2 aliphatic rings. The molecule has 3 rings (SSSR count). The molecule has 2 amide bonds. The molecule has 0 saturated carbocycles. The van der Waals surface area contributed by atoms with Crippen LogP contribution in [-0.2, 0) is 25.0 Å². The maximum Gasteiger partial charge on any atom is 0.273 e. The Hall–Kier alpha value is -2.13. The summed E-state index contributed by atoms with van der Waals surface area (Å²) in [5, 5.41) is 6.71. The quantitative estimate of drug-likeness (QED) is 0.597. The minimum absolute atomic E-state index is 0.00991. The normalized spacial score (nSPS) is 17.7. The van der Waals surface area contributed by atoms with Crippen LogP contribution in [0.2, 0.25) is 0 Å². The first-order valence-corrected chi connectivity index (χ1v) is 13.5. The molecule has 8 nitrogen and oxygen atoms in total. The molecular formula is C25H39N3O5S. The summed E-state index contributed by atoms with van der Waals surface area (Å²) in [6.07, 6.45) is 2.28. The predicted molar refractivity (Wildman–Crippen MR) is 132 cm³/mol. The minimum Gasteiger partial charge on any atom is -0.495 e. The largest absolute Gasteiger partial charge is 0.495 e. The SMILES string of the molecule is CCC(C)(C)C(=O)N(C(=O)C(C)(C)CC)S(=O)(=O)c1ccc(OC)c2c1C1(CCNCC1)CN2. The van der Waals surface area contributed by atoms with Crippen molar-refractivity contribution in [1.29, 1.82) is 0 Å². The van der Waals surface area contributed by atoms with Gasteiger partial charge in [0.1, 0.15) is 5.75 Å². The molecule has 34 heavy (non-hydrogen) atoms. The Balaban J connectivity index is 2.29. The number of rotatable bonds is 7. The van der Waals surface area contributed by atoms with Gasteiger partial charge in [-0.25, -0.2) is 8.42 Å². The molecule has 0 atom stereocenters. The van der Waals surface area contributed by atoms with Gasteiger partial charge in [0.05, 0.1) is 17.7 Å². The number of nitrogens with one attached hydrogen (secondary N) is 2. The standard InChI is InChI=1S/C25H39N3O5S/c1-8-23(3,4)21(29)28(22(30)24(5,6)9-2)34(31,32)18-11-10-17(33-7)20-19(18)25(16-27-20)12-14-26-15-13-25/h10-11,26-27H,8-9,12-16H2,1-7H3. The highest BCUT2D eigenvalue weighted by Gasteiger charge is 2.50. The fourth-order valence-corrected chi connectivity index (χ4v) is 6.53. The van der Waals surface area contributed by atoms with Crippen molar-refractivity contribution >= 4 is 27.5 Å². The molecule has 2 aliphatic heterocycles. The Labute approximate surface area is 203 Å². The van der Waals surface area contributed by atoms with Crippen LogP contribution in [0.25, 0.3) is 0 Å².